The Morgan fingerprint density at radius 3 is 2.57 bits per heavy atom. The van der Waals surface area contributed by atoms with Gasteiger partial charge in [-0.25, -0.2) is 9.69 Å². The number of hydrogen-bond donors (Lipinski definition) is 1. The first-order chi connectivity index (χ1) is 13.5. The molecule has 0 spiro atoms. The zero-order valence-electron chi connectivity index (χ0n) is 15.2. The van der Waals surface area contributed by atoms with Crippen LogP contribution in [0.2, 0.25) is 5.02 Å². The summed E-state index contributed by atoms with van der Waals surface area (Å²) in [6.07, 6.45) is 1.34. The molecule has 0 radical (unpaired) electrons. The average Bonchev–Trinajstić information content (AvgIpc) is 2.66. The standard InChI is InChI=1S/C20H17ClN2O5/c1-3-28-17-7-5-4-6-15(17)23-19(25)14(18(24)22-20(23)26)11-12-10-13(21)8-9-16(12)27-2/h4-11H,3H2,1-2H3,(H,22,24,26)/b14-11+. The van der Waals surface area contributed by atoms with Crippen molar-refractivity contribution >= 4 is 41.2 Å². The van der Waals surface area contributed by atoms with E-state index < -0.39 is 17.8 Å². The van der Waals surface area contributed by atoms with Crippen LogP contribution in [-0.2, 0) is 9.59 Å². The number of imide groups is 2. The highest BCUT2D eigenvalue weighted by atomic mass is 35.5. The van der Waals surface area contributed by atoms with Crippen molar-refractivity contribution in [3.63, 3.8) is 0 Å². The number of ether oxygens (including phenoxy) is 2. The summed E-state index contributed by atoms with van der Waals surface area (Å²) in [5.41, 5.74) is 0.440. The number of rotatable bonds is 5. The second-order valence-electron chi connectivity index (χ2n) is 5.74. The molecule has 7 nitrogen and oxygen atoms in total. The van der Waals surface area contributed by atoms with E-state index in [2.05, 4.69) is 5.32 Å². The van der Waals surface area contributed by atoms with E-state index in [1.54, 1.807) is 49.4 Å². The number of barbiturate groups is 1. The monoisotopic (exact) mass is 400 g/mol. The van der Waals surface area contributed by atoms with Crippen molar-refractivity contribution in [1.82, 2.24) is 5.32 Å². The lowest BCUT2D eigenvalue weighted by Crippen LogP contribution is -2.54. The summed E-state index contributed by atoms with van der Waals surface area (Å²) in [7, 11) is 1.46. The molecule has 1 fully saturated rings. The van der Waals surface area contributed by atoms with Gasteiger partial charge in [-0.05, 0) is 43.3 Å². The zero-order valence-corrected chi connectivity index (χ0v) is 15.9. The van der Waals surface area contributed by atoms with E-state index in [1.165, 1.54) is 13.2 Å². The third kappa shape index (κ3) is 3.70. The maximum Gasteiger partial charge on any atom is 0.336 e. The van der Waals surface area contributed by atoms with Gasteiger partial charge in [0.2, 0.25) is 0 Å². The molecule has 0 unspecified atom stereocenters. The summed E-state index contributed by atoms with van der Waals surface area (Å²) in [6, 6.07) is 10.5. The summed E-state index contributed by atoms with van der Waals surface area (Å²) in [4.78, 5) is 38.6. The minimum atomic E-state index is -0.850. The highest BCUT2D eigenvalue weighted by Gasteiger charge is 2.38. The van der Waals surface area contributed by atoms with E-state index in [9.17, 15) is 14.4 Å². The zero-order chi connectivity index (χ0) is 20.3. The molecule has 2 aromatic carbocycles. The molecule has 0 atom stereocenters. The van der Waals surface area contributed by atoms with E-state index in [1.807, 2.05) is 0 Å². The molecule has 3 rings (SSSR count). The molecule has 1 N–H and O–H groups in total. The normalized spacial score (nSPS) is 15.6. The van der Waals surface area contributed by atoms with Crippen LogP contribution in [0.15, 0.2) is 48.0 Å². The summed E-state index contributed by atoms with van der Waals surface area (Å²) >= 11 is 6.02. The van der Waals surface area contributed by atoms with Crippen molar-refractivity contribution in [3.8, 4) is 11.5 Å². The molecule has 0 aromatic heterocycles. The Bertz CT molecular complexity index is 986. The van der Waals surface area contributed by atoms with Crippen LogP contribution in [0.1, 0.15) is 12.5 Å². The number of para-hydroxylation sites is 2. The minimum absolute atomic E-state index is 0.230. The molecule has 0 bridgehead atoms. The van der Waals surface area contributed by atoms with Gasteiger partial charge in [0.1, 0.15) is 17.1 Å². The fourth-order valence-electron chi connectivity index (χ4n) is 2.77. The van der Waals surface area contributed by atoms with E-state index in [4.69, 9.17) is 21.1 Å². The lowest BCUT2D eigenvalue weighted by molar-refractivity contribution is -0.122. The van der Waals surface area contributed by atoms with Gasteiger partial charge in [-0.1, -0.05) is 23.7 Å². The van der Waals surface area contributed by atoms with Crippen LogP contribution < -0.4 is 19.7 Å². The third-order valence-electron chi connectivity index (χ3n) is 4.00. The highest BCUT2D eigenvalue weighted by molar-refractivity contribution is 6.39. The number of nitrogens with one attached hydrogen (secondary N) is 1. The fraction of sp³-hybridized carbons (Fsp3) is 0.150. The van der Waals surface area contributed by atoms with E-state index in [0.29, 0.717) is 28.7 Å². The van der Waals surface area contributed by atoms with Gasteiger partial charge in [0.05, 0.1) is 19.4 Å². The fourth-order valence-corrected chi connectivity index (χ4v) is 2.95. The van der Waals surface area contributed by atoms with Crippen molar-refractivity contribution in [1.29, 1.82) is 0 Å². The summed E-state index contributed by atoms with van der Waals surface area (Å²) in [5, 5.41) is 2.59. The average molecular weight is 401 g/mol. The SMILES string of the molecule is CCOc1ccccc1N1C(=O)NC(=O)/C(=C\c2cc(Cl)ccc2OC)C1=O. The predicted molar refractivity (Wildman–Crippen MR) is 105 cm³/mol. The lowest BCUT2D eigenvalue weighted by Gasteiger charge is -2.27. The van der Waals surface area contributed by atoms with Crippen molar-refractivity contribution in [2.24, 2.45) is 0 Å². The summed E-state index contributed by atoms with van der Waals surface area (Å²) in [6.45, 7) is 2.14. The van der Waals surface area contributed by atoms with Crippen LogP contribution in [0.4, 0.5) is 10.5 Å². The molecular weight excluding hydrogens is 384 g/mol. The first kappa shape index (κ1) is 19.4. The van der Waals surface area contributed by atoms with Gasteiger partial charge in [0.25, 0.3) is 11.8 Å². The Kier molecular flexibility index (Phi) is 5.65. The van der Waals surface area contributed by atoms with E-state index >= 15 is 0 Å². The Morgan fingerprint density at radius 2 is 1.86 bits per heavy atom. The van der Waals surface area contributed by atoms with E-state index in [-0.39, 0.29) is 11.3 Å². The number of amides is 4. The molecular formula is C20H17ClN2O5. The van der Waals surface area contributed by atoms with Crippen LogP contribution in [0.5, 0.6) is 11.5 Å². The largest absolute Gasteiger partial charge is 0.496 e. The van der Waals surface area contributed by atoms with Crippen LogP contribution >= 0.6 is 11.6 Å². The minimum Gasteiger partial charge on any atom is -0.496 e. The Hall–Kier alpha value is -3.32. The molecule has 28 heavy (non-hydrogen) atoms. The third-order valence-corrected chi connectivity index (χ3v) is 4.23. The summed E-state index contributed by atoms with van der Waals surface area (Å²) in [5.74, 6) is -0.802. The van der Waals surface area contributed by atoms with Gasteiger partial charge in [-0.2, -0.15) is 0 Å². The van der Waals surface area contributed by atoms with Crippen molar-refractivity contribution < 1.29 is 23.9 Å². The van der Waals surface area contributed by atoms with Crippen LogP contribution in [-0.4, -0.2) is 31.6 Å². The number of urea groups is 1. The lowest BCUT2D eigenvalue weighted by atomic mass is 10.1. The van der Waals surface area contributed by atoms with Crippen LogP contribution in [0.25, 0.3) is 6.08 Å². The first-order valence-corrected chi connectivity index (χ1v) is 8.81. The molecule has 2 aromatic rings. The second kappa shape index (κ2) is 8.14. The quantitative estimate of drug-likeness (QED) is 0.614. The number of nitrogens with zero attached hydrogens (tertiary/aromatic N) is 1. The first-order valence-electron chi connectivity index (χ1n) is 8.43. The maximum atomic E-state index is 13.0. The Balaban J connectivity index is 2.08. The number of halogens is 1. The maximum absolute atomic E-state index is 13.0. The molecule has 1 aliphatic rings. The number of methoxy groups -OCH3 is 1. The summed E-state index contributed by atoms with van der Waals surface area (Å²) < 4.78 is 10.8. The van der Waals surface area contributed by atoms with Crippen molar-refractivity contribution in [3.05, 3.63) is 58.6 Å². The molecule has 1 saturated heterocycles. The number of carbonyl (C=O) groups excluding carboxylic acids is 3. The molecule has 1 aliphatic heterocycles. The highest BCUT2D eigenvalue weighted by Crippen LogP contribution is 2.32. The molecule has 0 aliphatic carbocycles. The van der Waals surface area contributed by atoms with Gasteiger partial charge < -0.3 is 9.47 Å². The van der Waals surface area contributed by atoms with Gasteiger partial charge in [0.15, 0.2) is 0 Å². The van der Waals surface area contributed by atoms with Gasteiger partial charge >= 0.3 is 6.03 Å². The molecule has 144 valence electrons. The van der Waals surface area contributed by atoms with Gasteiger partial charge in [0, 0.05) is 10.6 Å². The second-order valence-corrected chi connectivity index (χ2v) is 6.18. The van der Waals surface area contributed by atoms with Crippen molar-refractivity contribution in [2.45, 2.75) is 6.92 Å². The van der Waals surface area contributed by atoms with Gasteiger partial charge in [-0.15, -0.1) is 0 Å². The van der Waals surface area contributed by atoms with E-state index in [0.717, 1.165) is 4.90 Å². The number of hydrogen-bond acceptors (Lipinski definition) is 5. The molecule has 8 heteroatoms. The van der Waals surface area contributed by atoms with Gasteiger partial charge in [-0.3, -0.25) is 14.9 Å². The van der Waals surface area contributed by atoms with Crippen LogP contribution in [0, 0.1) is 0 Å². The number of benzene rings is 2. The van der Waals surface area contributed by atoms with Crippen LogP contribution in [0.3, 0.4) is 0 Å². The topological polar surface area (TPSA) is 84.9 Å². The number of anilines is 1. The molecule has 4 amide bonds. The molecule has 1 heterocycles. The number of carbonyl (C=O) groups is 3. The van der Waals surface area contributed by atoms with Crippen molar-refractivity contribution in [2.75, 3.05) is 18.6 Å². The smallest absolute Gasteiger partial charge is 0.336 e. The predicted octanol–water partition coefficient (Wildman–Crippen LogP) is 3.41. The Labute approximate surface area is 166 Å². The Morgan fingerprint density at radius 1 is 1.11 bits per heavy atom. The molecule has 0 saturated carbocycles.